The Labute approximate surface area is 106 Å². The van der Waals surface area contributed by atoms with Crippen LogP contribution >= 0.6 is 0 Å². The van der Waals surface area contributed by atoms with E-state index in [0.29, 0.717) is 5.84 Å². The zero-order valence-electron chi connectivity index (χ0n) is 10.4. The molecule has 2 aromatic rings. The number of benzene rings is 2. The van der Waals surface area contributed by atoms with Crippen LogP contribution in [0.2, 0.25) is 0 Å². The summed E-state index contributed by atoms with van der Waals surface area (Å²) in [5, 5.41) is 5.17. The van der Waals surface area contributed by atoms with Gasteiger partial charge in [0.2, 0.25) is 0 Å². The maximum Gasteiger partial charge on any atom is 0.252 e. The molecule has 0 aromatic heterocycles. The third-order valence-electron chi connectivity index (χ3n) is 3.20. The fourth-order valence-electron chi connectivity index (χ4n) is 2.09. The quantitative estimate of drug-likeness (QED) is 0.814. The molecule has 18 heavy (non-hydrogen) atoms. The largest absolute Gasteiger partial charge is 0.308 e. The Morgan fingerprint density at radius 3 is 2.44 bits per heavy atom. The molecule has 0 bridgehead atoms. The fourth-order valence-corrected chi connectivity index (χ4v) is 2.09. The van der Waals surface area contributed by atoms with Crippen LogP contribution < -0.4 is 5.32 Å². The van der Waals surface area contributed by atoms with Gasteiger partial charge in [0.1, 0.15) is 11.4 Å². The highest BCUT2D eigenvalue weighted by Gasteiger charge is 2.34. The van der Waals surface area contributed by atoms with Crippen LogP contribution in [0.3, 0.4) is 0 Å². The van der Waals surface area contributed by atoms with Crippen molar-refractivity contribution in [2.45, 2.75) is 19.4 Å². The molecule has 0 spiro atoms. The van der Waals surface area contributed by atoms with Gasteiger partial charge in [-0.1, -0.05) is 36.4 Å². The number of fused-ring (bicyclic) bond motifs is 1. The van der Waals surface area contributed by atoms with Gasteiger partial charge in [0, 0.05) is 5.56 Å². The Bertz CT molecular complexity index is 671. The molecule has 0 atom stereocenters. The number of amides is 1. The van der Waals surface area contributed by atoms with E-state index < -0.39 is 5.54 Å². The Morgan fingerprint density at radius 1 is 1.06 bits per heavy atom. The minimum Gasteiger partial charge on any atom is -0.308 e. The van der Waals surface area contributed by atoms with E-state index in [9.17, 15) is 4.79 Å². The molecule has 0 saturated heterocycles. The lowest BCUT2D eigenvalue weighted by molar-refractivity contribution is -0.122. The number of nitrogens with zero attached hydrogens (tertiary/aromatic N) is 1. The maximum atomic E-state index is 11.7. The molecule has 0 saturated carbocycles. The average molecular weight is 238 g/mol. The number of amidine groups is 1. The first kappa shape index (κ1) is 11.0. The number of nitrogens with one attached hydrogen (secondary N) is 1. The molecular weight excluding hydrogens is 224 g/mol. The van der Waals surface area contributed by atoms with Gasteiger partial charge in [-0.05, 0) is 30.7 Å². The van der Waals surface area contributed by atoms with Gasteiger partial charge in [-0.25, -0.2) is 0 Å². The molecule has 0 fully saturated rings. The summed E-state index contributed by atoms with van der Waals surface area (Å²) in [7, 11) is 0. The molecule has 1 N–H and O–H groups in total. The summed E-state index contributed by atoms with van der Waals surface area (Å²) in [6, 6.07) is 14.2. The van der Waals surface area contributed by atoms with Crippen LogP contribution in [0.5, 0.6) is 0 Å². The van der Waals surface area contributed by atoms with Crippen LogP contribution in [-0.2, 0) is 4.79 Å². The van der Waals surface area contributed by atoms with Crippen LogP contribution in [0.15, 0.2) is 47.5 Å². The van der Waals surface area contributed by atoms with E-state index in [1.807, 2.05) is 38.1 Å². The minimum absolute atomic E-state index is 0.0503. The van der Waals surface area contributed by atoms with E-state index in [1.165, 1.54) is 5.39 Å². The van der Waals surface area contributed by atoms with E-state index in [2.05, 4.69) is 28.5 Å². The molecule has 3 rings (SSSR count). The molecule has 3 heteroatoms. The molecule has 2 aromatic carbocycles. The number of hydrogen-bond acceptors (Lipinski definition) is 2. The molecule has 0 radical (unpaired) electrons. The topological polar surface area (TPSA) is 41.5 Å². The van der Waals surface area contributed by atoms with E-state index in [1.54, 1.807) is 0 Å². The number of carbonyl (C=O) groups excluding carboxylic acids is 1. The van der Waals surface area contributed by atoms with Gasteiger partial charge >= 0.3 is 0 Å². The highest BCUT2D eigenvalue weighted by molar-refractivity contribution is 6.15. The second kappa shape index (κ2) is 3.67. The molecule has 1 amide bonds. The van der Waals surface area contributed by atoms with Crippen molar-refractivity contribution in [1.29, 1.82) is 0 Å². The first-order valence-corrected chi connectivity index (χ1v) is 5.97. The Kier molecular flexibility index (Phi) is 2.23. The highest BCUT2D eigenvalue weighted by atomic mass is 16.2. The molecule has 0 aliphatic carbocycles. The summed E-state index contributed by atoms with van der Waals surface area (Å²) in [6.07, 6.45) is 0. The zero-order valence-corrected chi connectivity index (χ0v) is 10.4. The van der Waals surface area contributed by atoms with Gasteiger partial charge < -0.3 is 5.32 Å². The fraction of sp³-hybridized carbons (Fsp3) is 0.200. The van der Waals surface area contributed by atoms with Crippen molar-refractivity contribution in [2.75, 3.05) is 0 Å². The third kappa shape index (κ3) is 1.68. The lowest BCUT2D eigenvalue weighted by Gasteiger charge is -2.07. The molecule has 1 heterocycles. The van der Waals surface area contributed by atoms with Crippen molar-refractivity contribution in [2.24, 2.45) is 4.99 Å². The minimum atomic E-state index is -0.666. The van der Waals surface area contributed by atoms with Crippen molar-refractivity contribution in [3.8, 4) is 0 Å². The Morgan fingerprint density at radius 2 is 1.78 bits per heavy atom. The molecule has 0 unspecified atom stereocenters. The SMILES string of the molecule is CC1(C)N=C(c2ccc3ccccc3c2)NC1=O. The van der Waals surface area contributed by atoms with Crippen molar-refractivity contribution >= 4 is 22.5 Å². The van der Waals surface area contributed by atoms with Gasteiger partial charge in [0.05, 0.1) is 0 Å². The van der Waals surface area contributed by atoms with Gasteiger partial charge in [-0.15, -0.1) is 0 Å². The number of aliphatic imine (C=N–C) groups is 1. The van der Waals surface area contributed by atoms with Crippen molar-refractivity contribution in [3.05, 3.63) is 48.0 Å². The van der Waals surface area contributed by atoms with Crippen molar-refractivity contribution in [1.82, 2.24) is 5.32 Å². The maximum absolute atomic E-state index is 11.7. The van der Waals surface area contributed by atoms with Crippen LogP contribution in [0.4, 0.5) is 0 Å². The normalized spacial score (nSPS) is 17.7. The molecule has 3 nitrogen and oxygen atoms in total. The van der Waals surface area contributed by atoms with Gasteiger partial charge in [-0.3, -0.25) is 9.79 Å². The Balaban J connectivity index is 2.09. The number of hydrogen-bond donors (Lipinski definition) is 1. The standard InChI is InChI=1S/C15H14N2O/c1-15(2)14(18)16-13(17-15)12-8-7-10-5-3-4-6-11(10)9-12/h3-9H,1-2H3,(H,16,17,18). The van der Waals surface area contributed by atoms with E-state index in [0.717, 1.165) is 10.9 Å². The van der Waals surface area contributed by atoms with Gasteiger partial charge in [0.25, 0.3) is 5.91 Å². The van der Waals surface area contributed by atoms with Crippen LogP contribution in [-0.4, -0.2) is 17.3 Å². The van der Waals surface area contributed by atoms with Crippen LogP contribution in [0, 0.1) is 0 Å². The number of carbonyl (C=O) groups is 1. The summed E-state index contributed by atoms with van der Waals surface area (Å²) in [6.45, 7) is 3.63. The lowest BCUT2D eigenvalue weighted by Crippen LogP contribution is -2.34. The molecule has 1 aliphatic heterocycles. The zero-order chi connectivity index (χ0) is 12.8. The summed E-state index contributed by atoms with van der Waals surface area (Å²) in [5.74, 6) is 0.612. The van der Waals surface area contributed by atoms with Gasteiger partial charge in [0.15, 0.2) is 0 Å². The first-order valence-electron chi connectivity index (χ1n) is 5.97. The van der Waals surface area contributed by atoms with Gasteiger partial charge in [-0.2, -0.15) is 0 Å². The summed E-state index contributed by atoms with van der Waals surface area (Å²) in [5.41, 5.74) is 0.286. The number of rotatable bonds is 1. The predicted octanol–water partition coefficient (Wildman–Crippen LogP) is 2.49. The second-order valence-corrected chi connectivity index (χ2v) is 5.04. The lowest BCUT2D eigenvalue weighted by atomic mass is 10.1. The Hall–Kier alpha value is -2.16. The van der Waals surface area contributed by atoms with Crippen molar-refractivity contribution < 1.29 is 4.79 Å². The summed E-state index contributed by atoms with van der Waals surface area (Å²) >= 11 is 0. The third-order valence-corrected chi connectivity index (χ3v) is 3.20. The summed E-state index contributed by atoms with van der Waals surface area (Å²) < 4.78 is 0. The molecule has 1 aliphatic rings. The van der Waals surface area contributed by atoms with E-state index in [4.69, 9.17) is 0 Å². The summed E-state index contributed by atoms with van der Waals surface area (Å²) in [4.78, 5) is 16.2. The molecule has 90 valence electrons. The van der Waals surface area contributed by atoms with E-state index in [-0.39, 0.29) is 5.91 Å². The smallest absolute Gasteiger partial charge is 0.252 e. The molecular formula is C15H14N2O. The van der Waals surface area contributed by atoms with E-state index >= 15 is 0 Å². The second-order valence-electron chi connectivity index (χ2n) is 5.04. The first-order chi connectivity index (χ1) is 8.56. The highest BCUT2D eigenvalue weighted by Crippen LogP contribution is 2.20. The van der Waals surface area contributed by atoms with Crippen LogP contribution in [0.1, 0.15) is 19.4 Å². The van der Waals surface area contributed by atoms with Crippen molar-refractivity contribution in [3.63, 3.8) is 0 Å². The van der Waals surface area contributed by atoms with Crippen LogP contribution in [0.25, 0.3) is 10.8 Å². The monoisotopic (exact) mass is 238 g/mol. The average Bonchev–Trinajstić information content (AvgIpc) is 2.63. The predicted molar refractivity (Wildman–Crippen MR) is 72.7 cm³/mol.